The van der Waals surface area contributed by atoms with Gasteiger partial charge in [-0.15, -0.1) is 0 Å². The number of aromatic nitrogens is 1. The number of hydrogen-bond acceptors (Lipinski definition) is 4. The lowest BCUT2D eigenvalue weighted by Gasteiger charge is -2.04. The summed E-state index contributed by atoms with van der Waals surface area (Å²) in [6.07, 6.45) is 2.22. The van der Waals surface area contributed by atoms with Crippen molar-refractivity contribution < 1.29 is 14.3 Å². The SMILES string of the molecule is CCOCCOc1ccc(C=O)cn1. The molecule has 4 heteroatoms. The minimum absolute atomic E-state index is 0.473. The molecule has 0 radical (unpaired) electrons. The molecule has 1 heterocycles. The minimum Gasteiger partial charge on any atom is -0.475 e. The number of rotatable bonds is 6. The second-order valence-corrected chi connectivity index (χ2v) is 2.59. The van der Waals surface area contributed by atoms with Crippen molar-refractivity contribution in [3.63, 3.8) is 0 Å². The van der Waals surface area contributed by atoms with Gasteiger partial charge in [-0.05, 0) is 13.0 Å². The van der Waals surface area contributed by atoms with Crippen molar-refractivity contribution in [1.82, 2.24) is 4.98 Å². The molecule has 0 spiro atoms. The molecule has 0 aliphatic carbocycles. The van der Waals surface area contributed by atoms with Crippen LogP contribution in [0, 0.1) is 0 Å². The number of pyridine rings is 1. The molecule has 1 rings (SSSR count). The molecule has 1 aromatic heterocycles. The molecule has 76 valence electrons. The molecule has 0 saturated heterocycles. The Balaban J connectivity index is 2.32. The second kappa shape index (κ2) is 6.10. The van der Waals surface area contributed by atoms with Crippen molar-refractivity contribution in [1.29, 1.82) is 0 Å². The van der Waals surface area contributed by atoms with Gasteiger partial charge >= 0.3 is 0 Å². The van der Waals surface area contributed by atoms with Gasteiger partial charge in [0.15, 0.2) is 6.29 Å². The number of nitrogens with zero attached hydrogens (tertiary/aromatic N) is 1. The molecule has 1 aromatic rings. The zero-order chi connectivity index (χ0) is 10.2. The number of ether oxygens (including phenoxy) is 2. The van der Waals surface area contributed by atoms with Crippen LogP contribution < -0.4 is 4.74 Å². The van der Waals surface area contributed by atoms with Crippen LogP contribution in [0.15, 0.2) is 18.3 Å². The highest BCUT2D eigenvalue weighted by molar-refractivity contribution is 5.73. The Morgan fingerprint density at radius 1 is 1.43 bits per heavy atom. The fourth-order valence-corrected chi connectivity index (χ4v) is 0.896. The normalized spacial score (nSPS) is 9.79. The van der Waals surface area contributed by atoms with Gasteiger partial charge in [0.2, 0.25) is 5.88 Å². The topological polar surface area (TPSA) is 48.4 Å². The highest BCUT2D eigenvalue weighted by Gasteiger charge is 1.95. The summed E-state index contributed by atoms with van der Waals surface area (Å²) in [6.45, 7) is 3.63. The average Bonchev–Trinajstić information content (AvgIpc) is 2.25. The van der Waals surface area contributed by atoms with Crippen LogP contribution in [0.25, 0.3) is 0 Å². The van der Waals surface area contributed by atoms with E-state index >= 15 is 0 Å². The van der Waals surface area contributed by atoms with Crippen LogP contribution in [-0.2, 0) is 4.74 Å². The van der Waals surface area contributed by atoms with Gasteiger partial charge in [-0.3, -0.25) is 4.79 Å². The fraction of sp³-hybridized carbons (Fsp3) is 0.400. The first kappa shape index (κ1) is 10.7. The summed E-state index contributed by atoms with van der Waals surface area (Å²) in [6, 6.07) is 3.33. The molecule has 0 aromatic carbocycles. The van der Waals surface area contributed by atoms with Gasteiger partial charge in [-0.2, -0.15) is 0 Å². The zero-order valence-corrected chi connectivity index (χ0v) is 8.10. The van der Waals surface area contributed by atoms with Crippen LogP contribution in [0.2, 0.25) is 0 Å². The van der Waals surface area contributed by atoms with Crippen LogP contribution in [0.3, 0.4) is 0 Å². The molecule has 0 N–H and O–H groups in total. The van der Waals surface area contributed by atoms with Gasteiger partial charge in [0.25, 0.3) is 0 Å². The summed E-state index contributed by atoms with van der Waals surface area (Å²) in [4.78, 5) is 14.3. The van der Waals surface area contributed by atoms with E-state index in [2.05, 4.69) is 4.98 Å². The van der Waals surface area contributed by atoms with E-state index in [1.165, 1.54) is 6.20 Å². The molecule has 0 aliphatic heterocycles. The molecule has 4 nitrogen and oxygen atoms in total. The van der Waals surface area contributed by atoms with E-state index in [0.717, 1.165) is 6.29 Å². The number of aldehydes is 1. The lowest BCUT2D eigenvalue weighted by molar-refractivity contribution is 0.108. The number of carbonyl (C=O) groups excluding carboxylic acids is 1. The minimum atomic E-state index is 0.473. The molecule has 0 atom stereocenters. The summed E-state index contributed by atoms with van der Waals surface area (Å²) in [7, 11) is 0. The second-order valence-electron chi connectivity index (χ2n) is 2.59. The summed E-state index contributed by atoms with van der Waals surface area (Å²) in [5.74, 6) is 0.510. The van der Waals surface area contributed by atoms with E-state index in [4.69, 9.17) is 9.47 Å². The van der Waals surface area contributed by atoms with Crippen LogP contribution >= 0.6 is 0 Å². The van der Waals surface area contributed by atoms with E-state index in [1.54, 1.807) is 12.1 Å². The Morgan fingerprint density at radius 2 is 2.29 bits per heavy atom. The number of hydrogen-bond donors (Lipinski definition) is 0. The molecule has 0 saturated carbocycles. The third kappa shape index (κ3) is 3.53. The van der Waals surface area contributed by atoms with E-state index in [1.807, 2.05) is 6.92 Å². The first-order chi connectivity index (χ1) is 6.86. The van der Waals surface area contributed by atoms with Gasteiger partial charge in [0.1, 0.15) is 6.61 Å². The van der Waals surface area contributed by atoms with Crippen molar-refractivity contribution in [2.24, 2.45) is 0 Å². The third-order valence-electron chi connectivity index (χ3n) is 1.58. The molecule has 0 amide bonds. The van der Waals surface area contributed by atoms with Crippen molar-refractivity contribution in [2.45, 2.75) is 6.92 Å². The monoisotopic (exact) mass is 195 g/mol. The predicted molar refractivity (Wildman–Crippen MR) is 51.6 cm³/mol. The first-order valence-electron chi connectivity index (χ1n) is 4.48. The van der Waals surface area contributed by atoms with Crippen LogP contribution in [0.5, 0.6) is 5.88 Å². The Morgan fingerprint density at radius 3 is 2.86 bits per heavy atom. The first-order valence-corrected chi connectivity index (χ1v) is 4.48. The molecule has 0 unspecified atom stereocenters. The third-order valence-corrected chi connectivity index (χ3v) is 1.58. The summed E-state index contributed by atoms with van der Waals surface area (Å²) in [5, 5.41) is 0. The standard InChI is InChI=1S/C10H13NO3/c1-2-13-5-6-14-10-4-3-9(8-12)7-11-10/h3-4,7-8H,2,5-6H2,1H3. The quantitative estimate of drug-likeness (QED) is 0.507. The van der Waals surface area contributed by atoms with E-state index < -0.39 is 0 Å². The van der Waals surface area contributed by atoms with Crippen molar-refractivity contribution >= 4 is 6.29 Å². The predicted octanol–water partition coefficient (Wildman–Crippen LogP) is 1.31. The van der Waals surface area contributed by atoms with Crippen LogP contribution in [-0.4, -0.2) is 31.1 Å². The van der Waals surface area contributed by atoms with E-state index in [9.17, 15) is 4.79 Å². The highest BCUT2D eigenvalue weighted by atomic mass is 16.5. The summed E-state index contributed by atoms with van der Waals surface area (Å²) in [5.41, 5.74) is 0.544. The van der Waals surface area contributed by atoms with Crippen molar-refractivity contribution in [3.8, 4) is 5.88 Å². The Labute approximate surface area is 82.9 Å². The Hall–Kier alpha value is -1.42. The largest absolute Gasteiger partial charge is 0.475 e. The molecular formula is C10H13NO3. The number of carbonyl (C=O) groups is 1. The van der Waals surface area contributed by atoms with E-state index in [-0.39, 0.29) is 0 Å². The smallest absolute Gasteiger partial charge is 0.213 e. The van der Waals surface area contributed by atoms with E-state index in [0.29, 0.717) is 31.3 Å². The van der Waals surface area contributed by atoms with Crippen molar-refractivity contribution in [3.05, 3.63) is 23.9 Å². The molecule has 0 bridgehead atoms. The maximum Gasteiger partial charge on any atom is 0.213 e. The molecule has 0 fully saturated rings. The lowest BCUT2D eigenvalue weighted by atomic mass is 10.3. The molecular weight excluding hydrogens is 182 g/mol. The maximum atomic E-state index is 10.3. The Kier molecular flexibility index (Phi) is 4.64. The van der Waals surface area contributed by atoms with Gasteiger partial charge < -0.3 is 9.47 Å². The molecule has 0 aliphatic rings. The zero-order valence-electron chi connectivity index (χ0n) is 8.10. The van der Waals surface area contributed by atoms with Gasteiger partial charge in [0, 0.05) is 24.4 Å². The summed E-state index contributed by atoms with van der Waals surface area (Å²) < 4.78 is 10.3. The highest BCUT2D eigenvalue weighted by Crippen LogP contribution is 2.05. The lowest BCUT2D eigenvalue weighted by Crippen LogP contribution is -2.07. The van der Waals surface area contributed by atoms with Gasteiger partial charge in [0.05, 0.1) is 6.61 Å². The average molecular weight is 195 g/mol. The van der Waals surface area contributed by atoms with Gasteiger partial charge in [-0.25, -0.2) is 4.98 Å². The molecule has 14 heavy (non-hydrogen) atoms. The van der Waals surface area contributed by atoms with Crippen molar-refractivity contribution in [2.75, 3.05) is 19.8 Å². The van der Waals surface area contributed by atoms with Crippen LogP contribution in [0.4, 0.5) is 0 Å². The van der Waals surface area contributed by atoms with Gasteiger partial charge in [-0.1, -0.05) is 0 Å². The Bertz CT molecular complexity index is 271. The fourth-order valence-electron chi connectivity index (χ4n) is 0.896. The maximum absolute atomic E-state index is 10.3. The summed E-state index contributed by atoms with van der Waals surface area (Å²) >= 11 is 0. The van der Waals surface area contributed by atoms with Crippen LogP contribution in [0.1, 0.15) is 17.3 Å².